The topological polar surface area (TPSA) is 49.4 Å². The van der Waals surface area contributed by atoms with Crippen molar-refractivity contribution < 1.29 is 8.42 Å². The Kier molecular flexibility index (Phi) is 4.39. The largest absolute Gasteiger partial charge is 0.313 e. The van der Waals surface area contributed by atoms with Crippen LogP contribution in [0.1, 0.15) is 30.9 Å². The van der Waals surface area contributed by atoms with Crippen LogP contribution in [0.2, 0.25) is 0 Å². The highest BCUT2D eigenvalue weighted by atomic mass is 32.2. The summed E-state index contributed by atoms with van der Waals surface area (Å²) in [5.74, 6) is 0. The third kappa shape index (κ3) is 3.52. The summed E-state index contributed by atoms with van der Waals surface area (Å²) in [4.78, 5) is 0. The van der Waals surface area contributed by atoms with Crippen molar-refractivity contribution in [2.24, 2.45) is 0 Å². The van der Waals surface area contributed by atoms with Gasteiger partial charge in [-0.25, -0.2) is 8.42 Å². The van der Waals surface area contributed by atoms with E-state index < -0.39 is 15.3 Å². The van der Waals surface area contributed by atoms with Crippen molar-refractivity contribution in [1.29, 1.82) is 0 Å². The van der Waals surface area contributed by atoms with E-state index in [4.69, 9.17) is 0 Å². The highest BCUT2D eigenvalue weighted by Crippen LogP contribution is 2.23. The molecule has 0 spiro atoms. The molecule has 2 rings (SSSR count). The zero-order chi connectivity index (χ0) is 14.9. The van der Waals surface area contributed by atoms with E-state index in [2.05, 4.69) is 5.32 Å². The first-order valence-electron chi connectivity index (χ1n) is 7.10. The lowest BCUT2D eigenvalue weighted by Gasteiger charge is -2.24. The van der Waals surface area contributed by atoms with Crippen molar-refractivity contribution >= 4 is 15.7 Å². The van der Waals surface area contributed by atoms with E-state index in [1.165, 1.54) is 17.1 Å². The minimum atomic E-state index is -3.32. The number of aryl methyl sites for hydroxylation is 2. The molecule has 0 aromatic heterocycles. The first-order chi connectivity index (χ1) is 9.30. The first kappa shape index (κ1) is 15.3. The average Bonchev–Trinajstić information content (AvgIpc) is 3.17. The molecule has 0 heterocycles. The third-order valence-electron chi connectivity index (χ3n) is 3.73. The number of benzene rings is 1. The molecule has 1 N–H and O–H groups in total. The zero-order valence-electron chi connectivity index (χ0n) is 12.7. The fraction of sp³-hybridized carbons (Fsp3) is 0.600. The highest BCUT2D eigenvalue weighted by Gasteiger charge is 2.29. The van der Waals surface area contributed by atoms with E-state index in [-0.39, 0.29) is 0 Å². The maximum Gasteiger partial charge on any atom is 0.238 e. The van der Waals surface area contributed by atoms with Gasteiger partial charge in [0.1, 0.15) is 0 Å². The summed E-state index contributed by atoms with van der Waals surface area (Å²) in [6.45, 7) is 6.25. The van der Waals surface area contributed by atoms with Crippen LogP contribution < -0.4 is 9.62 Å². The summed E-state index contributed by atoms with van der Waals surface area (Å²) in [5, 5.41) is 2.86. The van der Waals surface area contributed by atoms with Gasteiger partial charge in [-0.2, -0.15) is 0 Å². The SMILES string of the molecule is Cc1cc(C)cc(N(C)S(=O)(=O)C(C)CNC2CC2)c1. The number of hydrogen-bond donors (Lipinski definition) is 1. The molecule has 0 radical (unpaired) electrons. The molecule has 0 saturated heterocycles. The Morgan fingerprint density at radius 3 is 2.30 bits per heavy atom. The van der Waals surface area contributed by atoms with Crippen LogP contribution in [0.3, 0.4) is 0 Å². The van der Waals surface area contributed by atoms with Gasteiger partial charge in [-0.3, -0.25) is 4.31 Å². The van der Waals surface area contributed by atoms with Gasteiger partial charge in [0.05, 0.1) is 10.9 Å². The maximum atomic E-state index is 12.6. The molecule has 1 aromatic rings. The molecule has 0 bridgehead atoms. The standard InChI is InChI=1S/C15H24N2O2S/c1-11-7-12(2)9-15(8-11)17(4)20(18,19)13(3)10-16-14-5-6-14/h7-9,13-14,16H,5-6,10H2,1-4H3. The maximum absolute atomic E-state index is 12.6. The molecule has 1 atom stereocenters. The second-order valence-corrected chi connectivity index (χ2v) is 8.23. The molecule has 1 unspecified atom stereocenters. The minimum absolute atomic E-state index is 0.422. The van der Waals surface area contributed by atoms with Crippen LogP contribution in [0.15, 0.2) is 18.2 Å². The predicted octanol–water partition coefficient (Wildman–Crippen LogP) is 2.21. The van der Waals surface area contributed by atoms with Crippen LogP contribution in [0.25, 0.3) is 0 Å². The lowest BCUT2D eigenvalue weighted by atomic mass is 10.1. The Bertz CT molecular complexity index is 559. The van der Waals surface area contributed by atoms with Gasteiger partial charge in [-0.1, -0.05) is 6.07 Å². The van der Waals surface area contributed by atoms with Gasteiger partial charge < -0.3 is 5.32 Å². The van der Waals surface area contributed by atoms with Crippen molar-refractivity contribution in [2.45, 2.75) is 44.9 Å². The third-order valence-corrected chi connectivity index (χ3v) is 5.89. The summed E-state index contributed by atoms with van der Waals surface area (Å²) in [5.41, 5.74) is 2.89. The van der Waals surface area contributed by atoms with Gasteiger partial charge in [0.25, 0.3) is 0 Å². The minimum Gasteiger partial charge on any atom is -0.313 e. The van der Waals surface area contributed by atoms with Gasteiger partial charge >= 0.3 is 0 Å². The van der Waals surface area contributed by atoms with Gasteiger partial charge in [0.2, 0.25) is 10.0 Å². The molecule has 1 aliphatic carbocycles. The summed E-state index contributed by atoms with van der Waals surface area (Å²) in [7, 11) is -1.69. The predicted molar refractivity (Wildman–Crippen MR) is 83.7 cm³/mol. The first-order valence-corrected chi connectivity index (χ1v) is 8.60. The Labute approximate surface area is 122 Å². The molecule has 20 heavy (non-hydrogen) atoms. The molecule has 112 valence electrons. The van der Waals surface area contributed by atoms with E-state index in [0.29, 0.717) is 12.6 Å². The number of sulfonamides is 1. The monoisotopic (exact) mass is 296 g/mol. The zero-order valence-corrected chi connectivity index (χ0v) is 13.5. The molecule has 1 aliphatic rings. The molecular weight excluding hydrogens is 272 g/mol. The smallest absolute Gasteiger partial charge is 0.238 e. The lowest BCUT2D eigenvalue weighted by molar-refractivity contribution is 0.569. The van der Waals surface area contributed by atoms with Crippen LogP contribution in [0, 0.1) is 13.8 Å². The number of nitrogens with zero attached hydrogens (tertiary/aromatic N) is 1. The Balaban J connectivity index is 2.13. The molecule has 1 saturated carbocycles. The molecule has 0 aliphatic heterocycles. The molecule has 1 aromatic carbocycles. The normalized spacial score (nSPS) is 17.0. The van der Waals surface area contributed by atoms with E-state index in [1.54, 1.807) is 14.0 Å². The van der Waals surface area contributed by atoms with Gasteiger partial charge in [0, 0.05) is 19.6 Å². The van der Waals surface area contributed by atoms with E-state index in [9.17, 15) is 8.42 Å². The molecule has 1 fully saturated rings. The van der Waals surface area contributed by atoms with Gasteiger partial charge in [0.15, 0.2) is 0 Å². The van der Waals surface area contributed by atoms with Gasteiger partial charge in [-0.05, 0) is 56.9 Å². The van der Waals surface area contributed by atoms with E-state index in [1.807, 2.05) is 32.0 Å². The lowest BCUT2D eigenvalue weighted by Crippen LogP contribution is -2.40. The average molecular weight is 296 g/mol. The van der Waals surface area contributed by atoms with Crippen molar-refractivity contribution in [3.8, 4) is 0 Å². The number of nitrogens with one attached hydrogen (secondary N) is 1. The second kappa shape index (κ2) is 5.74. The number of hydrogen-bond acceptors (Lipinski definition) is 3. The summed E-state index contributed by atoms with van der Waals surface area (Å²) in [6.07, 6.45) is 2.33. The summed E-state index contributed by atoms with van der Waals surface area (Å²) >= 11 is 0. The quantitative estimate of drug-likeness (QED) is 0.875. The van der Waals surface area contributed by atoms with Crippen LogP contribution >= 0.6 is 0 Å². The summed E-state index contributed by atoms with van der Waals surface area (Å²) < 4.78 is 26.6. The Morgan fingerprint density at radius 1 is 1.25 bits per heavy atom. The summed E-state index contributed by atoms with van der Waals surface area (Å²) in [6, 6.07) is 6.39. The van der Waals surface area contributed by atoms with E-state index >= 15 is 0 Å². The molecular formula is C15H24N2O2S. The molecule has 4 nitrogen and oxygen atoms in total. The van der Waals surface area contributed by atoms with Crippen LogP contribution in [-0.2, 0) is 10.0 Å². The molecule has 5 heteroatoms. The van der Waals surface area contributed by atoms with Crippen molar-refractivity contribution in [3.05, 3.63) is 29.3 Å². The van der Waals surface area contributed by atoms with Crippen LogP contribution in [-0.4, -0.2) is 33.3 Å². The fourth-order valence-electron chi connectivity index (χ4n) is 2.27. The van der Waals surface area contributed by atoms with E-state index in [0.717, 1.165) is 16.8 Å². The van der Waals surface area contributed by atoms with Crippen molar-refractivity contribution in [3.63, 3.8) is 0 Å². The van der Waals surface area contributed by atoms with Crippen LogP contribution in [0.5, 0.6) is 0 Å². The number of anilines is 1. The number of rotatable bonds is 6. The van der Waals surface area contributed by atoms with Gasteiger partial charge in [-0.15, -0.1) is 0 Å². The Hall–Kier alpha value is -1.07. The fourth-order valence-corrected chi connectivity index (χ4v) is 3.52. The van der Waals surface area contributed by atoms with Crippen molar-refractivity contribution in [1.82, 2.24) is 5.32 Å². The second-order valence-electron chi connectivity index (χ2n) is 5.85. The van der Waals surface area contributed by atoms with Crippen molar-refractivity contribution in [2.75, 3.05) is 17.9 Å². The molecule has 0 amide bonds. The van der Waals surface area contributed by atoms with Crippen LogP contribution in [0.4, 0.5) is 5.69 Å². The highest BCUT2D eigenvalue weighted by molar-refractivity contribution is 7.93. The Morgan fingerprint density at radius 2 is 1.80 bits per heavy atom.